The van der Waals surface area contributed by atoms with Crippen LogP contribution in [-0.4, -0.2) is 44.6 Å². The first-order chi connectivity index (χ1) is 11.5. The zero-order valence-corrected chi connectivity index (χ0v) is 13.8. The molecule has 0 saturated carbocycles. The summed E-state index contributed by atoms with van der Waals surface area (Å²) in [6, 6.07) is 4.47. The Morgan fingerprint density at radius 3 is 2.67 bits per heavy atom. The minimum Gasteiger partial charge on any atom is -0.478 e. The van der Waals surface area contributed by atoms with E-state index in [2.05, 4.69) is 14.7 Å². The molecule has 1 aromatic heterocycles. The Bertz CT molecular complexity index is 814. The summed E-state index contributed by atoms with van der Waals surface area (Å²) in [6.45, 7) is 1.08. The van der Waals surface area contributed by atoms with E-state index >= 15 is 0 Å². The van der Waals surface area contributed by atoms with Gasteiger partial charge < -0.3 is 9.64 Å². The van der Waals surface area contributed by atoms with E-state index in [0.717, 1.165) is 12.1 Å². The predicted molar refractivity (Wildman–Crippen MR) is 85.9 cm³/mol. The molecule has 9 heteroatoms. The molecule has 1 atom stereocenters. The maximum Gasteiger partial charge on any atom is 0.257 e. The summed E-state index contributed by atoms with van der Waals surface area (Å²) in [5.74, 6) is 0.513. The smallest absolute Gasteiger partial charge is 0.257 e. The Hall–Kier alpha value is -2.26. The minimum absolute atomic E-state index is 0.0411. The van der Waals surface area contributed by atoms with Gasteiger partial charge in [0, 0.05) is 31.5 Å². The number of methoxy groups -OCH3 is 1. The van der Waals surface area contributed by atoms with Crippen molar-refractivity contribution in [2.24, 2.45) is 0 Å². The number of halogens is 1. The number of sulfonamides is 1. The standard InChI is InChI=1S/C15H17FN4O3S/c1-23-15-14(17-7-8-18-15)20-9-6-12(10-20)19-24(21,22)13-4-2-11(16)3-5-13/h2-5,7-8,12,19H,6,9-10H2,1H3/t12-/m1/s1. The predicted octanol–water partition coefficient (Wildman–Crippen LogP) is 1.18. The van der Waals surface area contributed by atoms with Gasteiger partial charge >= 0.3 is 0 Å². The third-order valence-electron chi connectivity index (χ3n) is 3.77. The second-order valence-corrected chi connectivity index (χ2v) is 7.11. The van der Waals surface area contributed by atoms with Crippen LogP contribution in [0.4, 0.5) is 10.2 Å². The third kappa shape index (κ3) is 3.46. The van der Waals surface area contributed by atoms with Crippen molar-refractivity contribution in [1.29, 1.82) is 0 Å². The fourth-order valence-electron chi connectivity index (χ4n) is 2.63. The molecule has 24 heavy (non-hydrogen) atoms. The summed E-state index contributed by atoms with van der Waals surface area (Å²) < 4.78 is 45.5. The largest absolute Gasteiger partial charge is 0.478 e. The number of aromatic nitrogens is 2. The summed E-state index contributed by atoms with van der Waals surface area (Å²) in [5, 5.41) is 0. The van der Waals surface area contributed by atoms with Crippen molar-refractivity contribution in [3.8, 4) is 5.88 Å². The Morgan fingerprint density at radius 2 is 1.96 bits per heavy atom. The average Bonchev–Trinajstić information content (AvgIpc) is 3.02. The number of nitrogens with zero attached hydrogens (tertiary/aromatic N) is 3. The molecule has 0 amide bonds. The molecule has 0 spiro atoms. The number of benzene rings is 1. The molecular weight excluding hydrogens is 335 g/mol. The van der Waals surface area contributed by atoms with Crippen LogP contribution in [0, 0.1) is 5.82 Å². The lowest BCUT2D eigenvalue weighted by atomic mass is 10.3. The summed E-state index contributed by atoms with van der Waals surface area (Å²) in [5.41, 5.74) is 0. The molecule has 1 aliphatic heterocycles. The van der Waals surface area contributed by atoms with Crippen LogP contribution in [0.1, 0.15) is 6.42 Å². The highest BCUT2D eigenvalue weighted by Gasteiger charge is 2.29. The third-order valence-corrected chi connectivity index (χ3v) is 5.31. The van der Waals surface area contributed by atoms with Crippen molar-refractivity contribution in [1.82, 2.24) is 14.7 Å². The number of hydrogen-bond acceptors (Lipinski definition) is 6. The Balaban J connectivity index is 1.71. The summed E-state index contributed by atoms with van der Waals surface area (Å²) >= 11 is 0. The van der Waals surface area contributed by atoms with Crippen LogP contribution in [0.15, 0.2) is 41.6 Å². The first-order valence-electron chi connectivity index (χ1n) is 7.37. The van der Waals surface area contributed by atoms with Gasteiger partial charge in [-0.25, -0.2) is 27.5 Å². The fourth-order valence-corrected chi connectivity index (χ4v) is 3.89. The van der Waals surface area contributed by atoms with Crippen LogP contribution in [-0.2, 0) is 10.0 Å². The maximum absolute atomic E-state index is 12.9. The van der Waals surface area contributed by atoms with Gasteiger partial charge in [-0.1, -0.05) is 0 Å². The highest BCUT2D eigenvalue weighted by atomic mass is 32.2. The number of anilines is 1. The second kappa shape index (κ2) is 6.70. The van der Waals surface area contributed by atoms with E-state index in [-0.39, 0.29) is 10.9 Å². The lowest BCUT2D eigenvalue weighted by Crippen LogP contribution is -2.37. The molecule has 128 valence electrons. The topological polar surface area (TPSA) is 84.4 Å². The van der Waals surface area contributed by atoms with E-state index in [1.165, 1.54) is 25.4 Å². The van der Waals surface area contributed by atoms with Gasteiger partial charge in [-0.2, -0.15) is 0 Å². The van der Waals surface area contributed by atoms with Crippen molar-refractivity contribution in [2.75, 3.05) is 25.1 Å². The molecular formula is C15H17FN4O3S. The normalized spacial score (nSPS) is 17.9. The van der Waals surface area contributed by atoms with E-state index < -0.39 is 15.8 Å². The van der Waals surface area contributed by atoms with Crippen molar-refractivity contribution in [3.05, 3.63) is 42.5 Å². The molecule has 1 N–H and O–H groups in total. The number of rotatable bonds is 5. The molecule has 1 saturated heterocycles. The monoisotopic (exact) mass is 352 g/mol. The van der Waals surface area contributed by atoms with Gasteiger partial charge in [0.15, 0.2) is 5.82 Å². The van der Waals surface area contributed by atoms with Crippen molar-refractivity contribution in [3.63, 3.8) is 0 Å². The summed E-state index contributed by atoms with van der Waals surface area (Å²) in [4.78, 5) is 10.3. The molecule has 1 aliphatic rings. The molecule has 0 aliphatic carbocycles. The van der Waals surface area contributed by atoms with Gasteiger partial charge in [-0.3, -0.25) is 0 Å². The molecule has 2 aromatic rings. The number of hydrogen-bond donors (Lipinski definition) is 1. The molecule has 1 aromatic carbocycles. The van der Waals surface area contributed by atoms with Crippen LogP contribution in [0.2, 0.25) is 0 Å². The van der Waals surface area contributed by atoms with Crippen molar-refractivity contribution >= 4 is 15.8 Å². The molecule has 0 bridgehead atoms. The molecule has 7 nitrogen and oxygen atoms in total. The quantitative estimate of drug-likeness (QED) is 0.870. The summed E-state index contributed by atoms with van der Waals surface area (Å²) in [7, 11) is -2.18. The zero-order valence-electron chi connectivity index (χ0n) is 13.0. The van der Waals surface area contributed by atoms with E-state index in [4.69, 9.17) is 4.74 Å². The van der Waals surface area contributed by atoms with Crippen LogP contribution in [0.5, 0.6) is 5.88 Å². The van der Waals surface area contributed by atoms with Gasteiger partial charge in [0.05, 0.1) is 12.0 Å². The Kier molecular flexibility index (Phi) is 4.63. The van der Waals surface area contributed by atoms with Crippen LogP contribution in [0.3, 0.4) is 0 Å². The van der Waals surface area contributed by atoms with Gasteiger partial charge in [-0.05, 0) is 30.7 Å². The highest BCUT2D eigenvalue weighted by molar-refractivity contribution is 7.89. The minimum atomic E-state index is -3.69. The molecule has 0 unspecified atom stereocenters. The Morgan fingerprint density at radius 1 is 1.25 bits per heavy atom. The summed E-state index contributed by atoms with van der Waals surface area (Å²) in [6.07, 6.45) is 3.72. The lowest BCUT2D eigenvalue weighted by Gasteiger charge is -2.19. The van der Waals surface area contributed by atoms with Crippen molar-refractivity contribution in [2.45, 2.75) is 17.4 Å². The lowest BCUT2D eigenvalue weighted by molar-refractivity contribution is 0.396. The Labute approximate surface area is 139 Å². The van der Waals surface area contributed by atoms with Crippen molar-refractivity contribution < 1.29 is 17.5 Å². The van der Waals surface area contributed by atoms with E-state index in [0.29, 0.717) is 31.2 Å². The van der Waals surface area contributed by atoms with Gasteiger partial charge in [0.25, 0.3) is 5.88 Å². The van der Waals surface area contributed by atoms with Crippen LogP contribution in [0.25, 0.3) is 0 Å². The number of ether oxygens (including phenoxy) is 1. The van der Waals surface area contributed by atoms with E-state index in [1.807, 2.05) is 4.90 Å². The molecule has 0 radical (unpaired) electrons. The van der Waals surface area contributed by atoms with Gasteiger partial charge in [0.2, 0.25) is 10.0 Å². The molecule has 3 rings (SSSR count). The second-order valence-electron chi connectivity index (χ2n) is 5.40. The van der Waals surface area contributed by atoms with Gasteiger partial charge in [-0.15, -0.1) is 0 Å². The van der Waals surface area contributed by atoms with E-state index in [9.17, 15) is 12.8 Å². The highest BCUT2D eigenvalue weighted by Crippen LogP contribution is 2.26. The SMILES string of the molecule is COc1nccnc1N1CC[C@@H](NS(=O)(=O)c2ccc(F)cc2)C1. The maximum atomic E-state index is 12.9. The van der Waals surface area contributed by atoms with Gasteiger partial charge in [0.1, 0.15) is 5.82 Å². The average molecular weight is 352 g/mol. The zero-order chi connectivity index (χ0) is 17.2. The van der Waals surface area contributed by atoms with Crippen LogP contribution < -0.4 is 14.4 Å². The van der Waals surface area contributed by atoms with Crippen LogP contribution >= 0.6 is 0 Å². The first-order valence-corrected chi connectivity index (χ1v) is 8.86. The molecule has 1 fully saturated rings. The number of nitrogens with one attached hydrogen (secondary N) is 1. The first kappa shape index (κ1) is 16.6. The fraction of sp³-hybridized carbons (Fsp3) is 0.333. The van der Waals surface area contributed by atoms with E-state index in [1.54, 1.807) is 6.20 Å². The molecule has 2 heterocycles.